The first-order valence-corrected chi connectivity index (χ1v) is 8.68. The number of hydrogen-bond donors (Lipinski definition) is 1. The average molecular weight is 306 g/mol. The van der Waals surface area contributed by atoms with Crippen LogP contribution in [-0.4, -0.2) is 49.2 Å². The summed E-state index contributed by atoms with van der Waals surface area (Å²) in [6.45, 7) is 12.2. The summed E-state index contributed by atoms with van der Waals surface area (Å²) in [5.41, 5.74) is 1.39. The smallest absolute Gasteiger partial charge is 0.224 e. The fraction of sp³-hybridized carbons (Fsp3) is 0.833. The van der Waals surface area contributed by atoms with E-state index in [1.54, 1.807) is 0 Å². The minimum Gasteiger partial charge on any atom is -0.373 e. The number of carbonyl (C=O) groups excluding carboxylic acids is 1. The van der Waals surface area contributed by atoms with Crippen molar-refractivity contribution in [3.8, 4) is 0 Å². The van der Waals surface area contributed by atoms with Crippen LogP contribution in [0.2, 0.25) is 0 Å². The number of hydrogen-bond acceptors (Lipinski definition) is 3. The van der Waals surface area contributed by atoms with Crippen molar-refractivity contribution in [2.75, 3.05) is 26.2 Å². The maximum absolute atomic E-state index is 12.5. The molecule has 1 amide bonds. The second kappa shape index (κ2) is 5.97. The quantitative estimate of drug-likeness (QED) is 0.810. The van der Waals surface area contributed by atoms with E-state index in [9.17, 15) is 4.79 Å². The molecule has 4 atom stereocenters. The zero-order valence-corrected chi connectivity index (χ0v) is 14.4. The van der Waals surface area contributed by atoms with Crippen LogP contribution in [0.15, 0.2) is 11.6 Å². The molecule has 2 saturated heterocycles. The summed E-state index contributed by atoms with van der Waals surface area (Å²) in [4.78, 5) is 15.0. The molecule has 22 heavy (non-hydrogen) atoms. The van der Waals surface area contributed by atoms with Gasteiger partial charge in [-0.25, -0.2) is 0 Å². The fourth-order valence-corrected chi connectivity index (χ4v) is 4.18. The van der Waals surface area contributed by atoms with Gasteiger partial charge >= 0.3 is 0 Å². The molecule has 0 spiro atoms. The molecule has 3 fully saturated rings. The molecule has 0 aromatic carbocycles. The van der Waals surface area contributed by atoms with E-state index in [0.29, 0.717) is 18.5 Å². The van der Waals surface area contributed by atoms with E-state index in [2.05, 4.69) is 44.0 Å². The average Bonchev–Trinajstić information content (AvgIpc) is 2.83. The SMILES string of the molecule is CC(C)=CC1C(C(=O)NCC2CN3CCCC3CO2)C1(C)C. The topological polar surface area (TPSA) is 41.6 Å². The minimum atomic E-state index is 0.0921. The van der Waals surface area contributed by atoms with Crippen LogP contribution in [0.4, 0.5) is 0 Å². The highest BCUT2D eigenvalue weighted by Gasteiger charge is 2.60. The molecule has 3 aliphatic rings. The third-order valence-electron chi connectivity index (χ3n) is 5.67. The molecule has 4 unspecified atom stereocenters. The van der Waals surface area contributed by atoms with Crippen molar-refractivity contribution in [2.45, 2.75) is 52.7 Å². The summed E-state index contributed by atoms with van der Waals surface area (Å²) in [5.74, 6) is 0.693. The molecule has 4 nitrogen and oxygen atoms in total. The van der Waals surface area contributed by atoms with E-state index in [1.165, 1.54) is 25.0 Å². The number of ether oxygens (including phenoxy) is 1. The highest BCUT2D eigenvalue weighted by molar-refractivity contribution is 5.83. The molecule has 1 saturated carbocycles. The Balaban J connectivity index is 1.48. The first-order valence-electron chi connectivity index (χ1n) is 8.68. The normalized spacial score (nSPS) is 36.5. The molecule has 124 valence electrons. The number of allylic oxidation sites excluding steroid dienone is 2. The van der Waals surface area contributed by atoms with E-state index in [-0.39, 0.29) is 23.3 Å². The van der Waals surface area contributed by atoms with Crippen LogP contribution in [0.5, 0.6) is 0 Å². The van der Waals surface area contributed by atoms with E-state index in [0.717, 1.165) is 13.2 Å². The first kappa shape index (κ1) is 16.0. The van der Waals surface area contributed by atoms with Crippen LogP contribution in [0.1, 0.15) is 40.5 Å². The Morgan fingerprint density at radius 1 is 1.41 bits per heavy atom. The molecular formula is C18H30N2O2. The van der Waals surface area contributed by atoms with Gasteiger partial charge in [-0.15, -0.1) is 0 Å². The molecule has 2 heterocycles. The van der Waals surface area contributed by atoms with Gasteiger partial charge in [-0.2, -0.15) is 0 Å². The van der Waals surface area contributed by atoms with Gasteiger partial charge in [0.2, 0.25) is 5.91 Å². The lowest BCUT2D eigenvalue weighted by molar-refractivity contribution is -0.124. The van der Waals surface area contributed by atoms with Gasteiger partial charge in [-0.3, -0.25) is 9.69 Å². The highest BCUT2D eigenvalue weighted by atomic mass is 16.5. The largest absolute Gasteiger partial charge is 0.373 e. The van der Waals surface area contributed by atoms with Crippen molar-refractivity contribution in [3.63, 3.8) is 0 Å². The molecule has 0 aromatic rings. The summed E-state index contributed by atoms with van der Waals surface area (Å²) in [6.07, 6.45) is 4.95. The third kappa shape index (κ3) is 3.09. The Labute approximate surface area is 134 Å². The summed E-state index contributed by atoms with van der Waals surface area (Å²) >= 11 is 0. The lowest BCUT2D eigenvalue weighted by atomic mass is 10.1. The van der Waals surface area contributed by atoms with Crippen molar-refractivity contribution in [1.82, 2.24) is 10.2 Å². The summed E-state index contributed by atoms with van der Waals surface area (Å²) in [7, 11) is 0. The van der Waals surface area contributed by atoms with Crippen molar-refractivity contribution in [3.05, 3.63) is 11.6 Å². The lowest BCUT2D eigenvalue weighted by Crippen LogP contribution is -2.50. The maximum Gasteiger partial charge on any atom is 0.224 e. The van der Waals surface area contributed by atoms with Crippen LogP contribution in [-0.2, 0) is 9.53 Å². The molecule has 3 rings (SSSR count). The standard InChI is InChI=1S/C18H30N2O2/c1-12(2)8-15-16(18(15,3)4)17(21)19-9-14-10-20-7-5-6-13(20)11-22-14/h8,13-16H,5-7,9-11H2,1-4H3,(H,19,21). The predicted molar refractivity (Wildman–Crippen MR) is 87.5 cm³/mol. The number of carbonyl (C=O) groups is 1. The number of rotatable bonds is 4. The zero-order valence-electron chi connectivity index (χ0n) is 14.4. The van der Waals surface area contributed by atoms with Crippen molar-refractivity contribution < 1.29 is 9.53 Å². The van der Waals surface area contributed by atoms with Crippen molar-refractivity contribution >= 4 is 5.91 Å². The van der Waals surface area contributed by atoms with Gasteiger partial charge in [0.25, 0.3) is 0 Å². The summed E-state index contributed by atoms with van der Waals surface area (Å²) < 4.78 is 5.92. The molecular weight excluding hydrogens is 276 g/mol. The Morgan fingerprint density at radius 3 is 2.91 bits per heavy atom. The van der Waals surface area contributed by atoms with E-state index in [4.69, 9.17) is 4.74 Å². The van der Waals surface area contributed by atoms with Gasteiger partial charge in [-0.05, 0) is 44.6 Å². The minimum absolute atomic E-state index is 0.0921. The van der Waals surface area contributed by atoms with Crippen LogP contribution in [0, 0.1) is 17.3 Å². The molecule has 0 radical (unpaired) electrons. The van der Waals surface area contributed by atoms with E-state index >= 15 is 0 Å². The molecule has 1 N–H and O–H groups in total. The second-order valence-corrected chi connectivity index (χ2v) is 8.06. The van der Waals surface area contributed by atoms with Crippen LogP contribution >= 0.6 is 0 Å². The number of amides is 1. The number of morpholine rings is 1. The second-order valence-electron chi connectivity index (χ2n) is 8.06. The van der Waals surface area contributed by atoms with Gasteiger partial charge in [0.1, 0.15) is 0 Å². The van der Waals surface area contributed by atoms with Gasteiger partial charge in [0.15, 0.2) is 0 Å². The predicted octanol–water partition coefficient (Wildman–Crippen LogP) is 2.20. The number of nitrogens with one attached hydrogen (secondary N) is 1. The molecule has 4 heteroatoms. The Morgan fingerprint density at radius 2 is 2.18 bits per heavy atom. The Hall–Kier alpha value is -0.870. The Kier molecular flexibility index (Phi) is 4.34. The van der Waals surface area contributed by atoms with Gasteiger partial charge in [0.05, 0.1) is 18.6 Å². The van der Waals surface area contributed by atoms with Gasteiger partial charge < -0.3 is 10.1 Å². The molecule has 2 aliphatic heterocycles. The summed E-state index contributed by atoms with van der Waals surface area (Å²) in [5, 5.41) is 3.13. The van der Waals surface area contributed by atoms with Crippen LogP contribution < -0.4 is 5.32 Å². The number of fused-ring (bicyclic) bond motifs is 1. The molecule has 0 aromatic heterocycles. The first-order chi connectivity index (χ1) is 10.4. The maximum atomic E-state index is 12.5. The molecule has 1 aliphatic carbocycles. The third-order valence-corrected chi connectivity index (χ3v) is 5.67. The number of nitrogens with zero attached hydrogens (tertiary/aromatic N) is 1. The lowest BCUT2D eigenvalue weighted by Gasteiger charge is -2.35. The van der Waals surface area contributed by atoms with Crippen molar-refractivity contribution in [2.24, 2.45) is 17.3 Å². The van der Waals surface area contributed by atoms with Crippen LogP contribution in [0.25, 0.3) is 0 Å². The van der Waals surface area contributed by atoms with Gasteiger partial charge in [-0.1, -0.05) is 25.5 Å². The van der Waals surface area contributed by atoms with Gasteiger partial charge in [0, 0.05) is 19.1 Å². The Bertz CT molecular complexity index is 468. The highest BCUT2D eigenvalue weighted by Crippen LogP contribution is 2.59. The van der Waals surface area contributed by atoms with E-state index < -0.39 is 0 Å². The van der Waals surface area contributed by atoms with E-state index in [1.807, 2.05) is 0 Å². The summed E-state index contributed by atoms with van der Waals surface area (Å²) in [6, 6.07) is 0.622. The zero-order chi connectivity index (χ0) is 15.9. The molecule has 0 bridgehead atoms. The monoisotopic (exact) mass is 306 g/mol. The fourth-order valence-electron chi connectivity index (χ4n) is 4.18. The van der Waals surface area contributed by atoms with Crippen LogP contribution in [0.3, 0.4) is 0 Å². The van der Waals surface area contributed by atoms with Crippen molar-refractivity contribution in [1.29, 1.82) is 0 Å².